The predicted molar refractivity (Wildman–Crippen MR) is 102 cm³/mol. The normalized spacial score (nSPS) is 20.7. The van der Waals surface area contributed by atoms with Crippen LogP contribution in [-0.2, 0) is 9.59 Å². The maximum atomic E-state index is 12.2. The van der Waals surface area contributed by atoms with Gasteiger partial charge in [-0.15, -0.1) is 0 Å². The Hall–Kier alpha value is -2.10. The van der Waals surface area contributed by atoms with Crippen LogP contribution in [0, 0.1) is 19.8 Å². The van der Waals surface area contributed by atoms with Gasteiger partial charge >= 0.3 is 0 Å². The van der Waals surface area contributed by atoms with E-state index in [0.717, 1.165) is 36.8 Å². The van der Waals surface area contributed by atoms with Gasteiger partial charge in [0.25, 0.3) is 0 Å². The van der Waals surface area contributed by atoms with Crippen LogP contribution in [0.5, 0.6) is 0 Å². The summed E-state index contributed by atoms with van der Waals surface area (Å²) in [5.41, 5.74) is 3.43. The third kappa shape index (κ3) is 6.04. The minimum atomic E-state index is -0.0881. The van der Waals surface area contributed by atoms with Gasteiger partial charge in [-0.2, -0.15) is 0 Å². The molecule has 2 amide bonds. The first-order valence-corrected chi connectivity index (χ1v) is 9.21. The first kappa shape index (κ1) is 19.2. The van der Waals surface area contributed by atoms with Crippen molar-refractivity contribution in [2.45, 2.75) is 65.5 Å². The Balaban J connectivity index is 1.89. The molecule has 0 heterocycles. The molecule has 1 aromatic carbocycles. The van der Waals surface area contributed by atoms with Crippen molar-refractivity contribution in [2.75, 3.05) is 0 Å². The van der Waals surface area contributed by atoms with Crippen molar-refractivity contribution >= 4 is 17.9 Å². The van der Waals surface area contributed by atoms with E-state index in [4.69, 9.17) is 0 Å². The summed E-state index contributed by atoms with van der Waals surface area (Å²) >= 11 is 0. The summed E-state index contributed by atoms with van der Waals surface area (Å²) in [5.74, 6) is 0.0273. The van der Waals surface area contributed by atoms with Gasteiger partial charge in [-0.05, 0) is 64.2 Å². The van der Waals surface area contributed by atoms with Gasteiger partial charge in [-0.1, -0.05) is 30.2 Å². The van der Waals surface area contributed by atoms with Crippen molar-refractivity contribution in [3.05, 3.63) is 41.0 Å². The third-order valence-electron chi connectivity index (χ3n) is 4.66. The van der Waals surface area contributed by atoms with E-state index in [-0.39, 0.29) is 29.8 Å². The molecule has 4 heteroatoms. The van der Waals surface area contributed by atoms with Crippen molar-refractivity contribution in [1.82, 2.24) is 10.6 Å². The molecule has 1 aliphatic rings. The van der Waals surface area contributed by atoms with Gasteiger partial charge in [0.05, 0.1) is 0 Å². The molecule has 0 aliphatic heterocycles. The fraction of sp³-hybridized carbons (Fsp3) is 0.524. The number of hydrogen-bond donors (Lipinski definition) is 2. The van der Waals surface area contributed by atoms with E-state index in [1.807, 2.05) is 39.0 Å². The Morgan fingerprint density at radius 2 is 1.96 bits per heavy atom. The van der Waals surface area contributed by atoms with Crippen LogP contribution >= 0.6 is 0 Å². The molecule has 0 spiro atoms. The average molecular weight is 342 g/mol. The number of nitrogens with one attached hydrogen (secondary N) is 2. The molecule has 1 saturated carbocycles. The van der Waals surface area contributed by atoms with Crippen molar-refractivity contribution in [2.24, 2.45) is 5.92 Å². The first-order chi connectivity index (χ1) is 11.8. The van der Waals surface area contributed by atoms with E-state index in [9.17, 15) is 9.59 Å². The van der Waals surface area contributed by atoms with E-state index >= 15 is 0 Å². The summed E-state index contributed by atoms with van der Waals surface area (Å²) < 4.78 is 0. The molecule has 2 N–H and O–H groups in total. The molecular formula is C21H30N2O2. The standard InChI is InChI=1S/C21H30N2O2/c1-14(2)22-21(25)18-6-5-7-19(13-18)23-20(24)11-10-17-9-8-15(3)12-16(17)4/h8-12,14,18-19H,5-7,13H2,1-4H3,(H,22,25)(H,23,24)/b11-10+. The second-order valence-corrected chi connectivity index (χ2v) is 7.43. The molecule has 0 aromatic heterocycles. The van der Waals surface area contributed by atoms with Gasteiger partial charge in [0, 0.05) is 24.1 Å². The average Bonchev–Trinajstić information content (AvgIpc) is 2.53. The lowest BCUT2D eigenvalue weighted by molar-refractivity contribution is -0.127. The number of aryl methyl sites for hydroxylation is 2. The molecule has 136 valence electrons. The van der Waals surface area contributed by atoms with E-state index < -0.39 is 0 Å². The highest BCUT2D eigenvalue weighted by Crippen LogP contribution is 2.24. The molecule has 2 unspecified atom stereocenters. The largest absolute Gasteiger partial charge is 0.354 e. The summed E-state index contributed by atoms with van der Waals surface area (Å²) in [5, 5.41) is 6.03. The van der Waals surface area contributed by atoms with E-state index in [1.165, 1.54) is 5.56 Å². The highest BCUT2D eigenvalue weighted by molar-refractivity contribution is 5.92. The van der Waals surface area contributed by atoms with Gasteiger partial charge in [0.1, 0.15) is 0 Å². The number of hydrogen-bond acceptors (Lipinski definition) is 2. The topological polar surface area (TPSA) is 58.2 Å². The van der Waals surface area contributed by atoms with Crippen LogP contribution in [0.2, 0.25) is 0 Å². The molecule has 1 fully saturated rings. The van der Waals surface area contributed by atoms with Crippen LogP contribution < -0.4 is 10.6 Å². The Kier molecular flexibility index (Phi) is 6.80. The van der Waals surface area contributed by atoms with Crippen LogP contribution in [0.4, 0.5) is 0 Å². The molecule has 0 bridgehead atoms. The molecule has 2 rings (SSSR count). The minimum Gasteiger partial charge on any atom is -0.354 e. The Morgan fingerprint density at radius 1 is 1.20 bits per heavy atom. The van der Waals surface area contributed by atoms with E-state index in [0.29, 0.717) is 0 Å². The van der Waals surface area contributed by atoms with Crippen LogP contribution in [0.3, 0.4) is 0 Å². The van der Waals surface area contributed by atoms with Crippen molar-refractivity contribution in [3.63, 3.8) is 0 Å². The lowest BCUT2D eigenvalue weighted by Crippen LogP contribution is -2.43. The van der Waals surface area contributed by atoms with Crippen molar-refractivity contribution in [1.29, 1.82) is 0 Å². The smallest absolute Gasteiger partial charge is 0.244 e. The summed E-state index contributed by atoms with van der Waals surface area (Å²) in [7, 11) is 0. The van der Waals surface area contributed by atoms with Crippen molar-refractivity contribution in [3.8, 4) is 0 Å². The number of amides is 2. The zero-order valence-electron chi connectivity index (χ0n) is 15.8. The quantitative estimate of drug-likeness (QED) is 0.805. The summed E-state index contributed by atoms with van der Waals surface area (Å²) in [6.07, 6.45) is 6.99. The maximum Gasteiger partial charge on any atom is 0.244 e. The van der Waals surface area contributed by atoms with Gasteiger partial charge in [-0.25, -0.2) is 0 Å². The minimum absolute atomic E-state index is 0.00442. The predicted octanol–water partition coefficient (Wildman–Crippen LogP) is 3.52. The SMILES string of the molecule is Cc1ccc(/C=C/C(=O)NC2CCCC(C(=O)NC(C)C)C2)c(C)c1. The molecule has 4 nitrogen and oxygen atoms in total. The molecule has 1 aliphatic carbocycles. The lowest BCUT2D eigenvalue weighted by Gasteiger charge is -2.29. The van der Waals surface area contributed by atoms with Crippen LogP contribution in [0.1, 0.15) is 56.2 Å². The highest BCUT2D eigenvalue weighted by atomic mass is 16.2. The molecule has 0 saturated heterocycles. The van der Waals surface area contributed by atoms with E-state index in [1.54, 1.807) is 6.08 Å². The van der Waals surface area contributed by atoms with Gasteiger partial charge in [0.2, 0.25) is 11.8 Å². The third-order valence-corrected chi connectivity index (χ3v) is 4.66. The number of carbonyl (C=O) groups is 2. The maximum absolute atomic E-state index is 12.2. The number of benzene rings is 1. The lowest BCUT2D eigenvalue weighted by atomic mass is 9.85. The molecule has 25 heavy (non-hydrogen) atoms. The van der Waals surface area contributed by atoms with Gasteiger partial charge in [0.15, 0.2) is 0 Å². The van der Waals surface area contributed by atoms with Crippen molar-refractivity contribution < 1.29 is 9.59 Å². The molecular weight excluding hydrogens is 312 g/mol. The zero-order chi connectivity index (χ0) is 18.4. The van der Waals surface area contributed by atoms with Crippen LogP contribution in [0.25, 0.3) is 6.08 Å². The van der Waals surface area contributed by atoms with Crippen LogP contribution in [0.15, 0.2) is 24.3 Å². The fourth-order valence-corrected chi connectivity index (χ4v) is 3.39. The Labute approximate surface area is 151 Å². The Bertz CT molecular complexity index is 649. The summed E-state index contributed by atoms with van der Waals surface area (Å²) in [4.78, 5) is 24.4. The summed E-state index contributed by atoms with van der Waals surface area (Å²) in [6.45, 7) is 8.04. The zero-order valence-corrected chi connectivity index (χ0v) is 15.8. The van der Waals surface area contributed by atoms with Crippen LogP contribution in [-0.4, -0.2) is 23.9 Å². The summed E-state index contributed by atoms with van der Waals surface area (Å²) in [6, 6.07) is 6.41. The second kappa shape index (κ2) is 8.84. The fourth-order valence-electron chi connectivity index (χ4n) is 3.39. The monoisotopic (exact) mass is 342 g/mol. The van der Waals surface area contributed by atoms with E-state index in [2.05, 4.69) is 23.6 Å². The number of rotatable bonds is 5. The van der Waals surface area contributed by atoms with Gasteiger partial charge in [-0.3, -0.25) is 9.59 Å². The highest BCUT2D eigenvalue weighted by Gasteiger charge is 2.27. The first-order valence-electron chi connectivity index (χ1n) is 9.21. The second-order valence-electron chi connectivity index (χ2n) is 7.43. The molecule has 2 atom stereocenters. The molecule has 1 aromatic rings. The molecule has 0 radical (unpaired) electrons. The number of carbonyl (C=O) groups excluding carboxylic acids is 2. The van der Waals surface area contributed by atoms with Gasteiger partial charge < -0.3 is 10.6 Å². The Morgan fingerprint density at radius 3 is 2.64 bits per heavy atom.